The van der Waals surface area contributed by atoms with Crippen LogP contribution >= 0.6 is 23.2 Å². The smallest absolute Gasteiger partial charge is 0.260 e. The van der Waals surface area contributed by atoms with Gasteiger partial charge in [0, 0.05) is 31.2 Å². The summed E-state index contributed by atoms with van der Waals surface area (Å²) in [5.74, 6) is 0.294. The van der Waals surface area contributed by atoms with Crippen LogP contribution in [-0.4, -0.2) is 64.2 Å². The molecule has 2 aromatic carbocycles. The second-order valence-corrected chi connectivity index (χ2v) is 8.60. The van der Waals surface area contributed by atoms with E-state index < -0.39 is 0 Å². The van der Waals surface area contributed by atoms with Gasteiger partial charge >= 0.3 is 0 Å². The number of benzene rings is 2. The van der Waals surface area contributed by atoms with Crippen LogP contribution in [0, 0.1) is 6.92 Å². The van der Waals surface area contributed by atoms with Gasteiger partial charge in [-0.1, -0.05) is 53.5 Å². The molecule has 0 bridgehead atoms. The summed E-state index contributed by atoms with van der Waals surface area (Å²) in [5, 5.41) is 5.41. The number of halogens is 2. The van der Waals surface area contributed by atoms with E-state index in [1.807, 2.05) is 30.3 Å². The van der Waals surface area contributed by atoms with Crippen LogP contribution in [0.1, 0.15) is 21.6 Å². The summed E-state index contributed by atoms with van der Waals surface area (Å²) < 4.78 is 7.19. The molecule has 1 aliphatic rings. The molecule has 172 valence electrons. The third kappa shape index (κ3) is 5.49. The minimum atomic E-state index is -0.165. The van der Waals surface area contributed by atoms with Crippen molar-refractivity contribution in [3.63, 3.8) is 0 Å². The largest absolute Gasteiger partial charge is 0.484 e. The van der Waals surface area contributed by atoms with Crippen molar-refractivity contribution < 1.29 is 14.3 Å². The van der Waals surface area contributed by atoms with E-state index in [1.54, 1.807) is 45.7 Å². The summed E-state index contributed by atoms with van der Waals surface area (Å²) in [5.41, 5.74) is 2.06. The van der Waals surface area contributed by atoms with Crippen molar-refractivity contribution in [2.45, 2.75) is 13.5 Å². The highest BCUT2D eigenvalue weighted by Gasteiger charge is 2.29. The standard InChI is InChI=1S/C24H24Cl2N4O3/c1-17-22(23(26)30(27-17)15-18-5-3-2-4-6-18)24(32)29-13-11-28(12-14-29)21(31)16-33-20-9-7-19(25)8-10-20/h2-10H,11-16H2,1H3. The topological polar surface area (TPSA) is 67.7 Å². The molecule has 1 saturated heterocycles. The van der Waals surface area contributed by atoms with E-state index in [2.05, 4.69) is 5.10 Å². The van der Waals surface area contributed by atoms with Crippen molar-refractivity contribution in [2.75, 3.05) is 32.8 Å². The molecule has 2 amide bonds. The fraction of sp³-hybridized carbons (Fsp3) is 0.292. The lowest BCUT2D eigenvalue weighted by atomic mass is 10.2. The second kappa shape index (κ2) is 10.3. The van der Waals surface area contributed by atoms with Gasteiger partial charge in [-0.05, 0) is 36.8 Å². The summed E-state index contributed by atoms with van der Waals surface area (Å²) in [6.07, 6.45) is 0. The Labute approximate surface area is 202 Å². The molecule has 0 unspecified atom stereocenters. The third-order valence-corrected chi connectivity index (χ3v) is 6.19. The molecule has 33 heavy (non-hydrogen) atoms. The molecule has 1 fully saturated rings. The zero-order chi connectivity index (χ0) is 23.4. The number of hydrogen-bond acceptors (Lipinski definition) is 4. The van der Waals surface area contributed by atoms with Gasteiger partial charge in [-0.2, -0.15) is 5.10 Å². The molecule has 1 aliphatic heterocycles. The van der Waals surface area contributed by atoms with Gasteiger partial charge in [0.25, 0.3) is 11.8 Å². The van der Waals surface area contributed by atoms with Crippen molar-refractivity contribution >= 4 is 35.0 Å². The van der Waals surface area contributed by atoms with Gasteiger partial charge in [-0.3, -0.25) is 9.59 Å². The maximum atomic E-state index is 13.2. The van der Waals surface area contributed by atoms with E-state index in [1.165, 1.54) is 0 Å². The van der Waals surface area contributed by atoms with Gasteiger partial charge in [-0.25, -0.2) is 4.68 Å². The Morgan fingerprint density at radius 2 is 1.58 bits per heavy atom. The van der Waals surface area contributed by atoms with E-state index in [-0.39, 0.29) is 18.4 Å². The van der Waals surface area contributed by atoms with E-state index >= 15 is 0 Å². The molecule has 0 aliphatic carbocycles. The Morgan fingerprint density at radius 1 is 0.939 bits per heavy atom. The number of aromatic nitrogens is 2. The third-order valence-electron chi connectivity index (χ3n) is 5.55. The van der Waals surface area contributed by atoms with Crippen LogP contribution in [-0.2, 0) is 11.3 Å². The lowest BCUT2D eigenvalue weighted by Gasteiger charge is -2.34. The highest BCUT2D eigenvalue weighted by Crippen LogP contribution is 2.23. The first-order chi connectivity index (χ1) is 15.9. The van der Waals surface area contributed by atoms with Crippen molar-refractivity contribution in [2.24, 2.45) is 0 Å². The summed E-state index contributed by atoms with van der Waals surface area (Å²) >= 11 is 12.4. The number of piperazine rings is 1. The van der Waals surface area contributed by atoms with E-state index in [4.69, 9.17) is 27.9 Å². The van der Waals surface area contributed by atoms with Crippen LogP contribution < -0.4 is 4.74 Å². The molecule has 0 atom stereocenters. The monoisotopic (exact) mass is 486 g/mol. The predicted octanol–water partition coefficient (Wildman–Crippen LogP) is 3.91. The SMILES string of the molecule is Cc1nn(Cc2ccccc2)c(Cl)c1C(=O)N1CCN(C(=O)COc2ccc(Cl)cc2)CC1. The van der Waals surface area contributed by atoms with Crippen LogP contribution in [0.15, 0.2) is 54.6 Å². The lowest BCUT2D eigenvalue weighted by Crippen LogP contribution is -2.51. The van der Waals surface area contributed by atoms with Gasteiger partial charge in [-0.15, -0.1) is 0 Å². The minimum Gasteiger partial charge on any atom is -0.484 e. The molecular weight excluding hydrogens is 463 g/mol. The van der Waals surface area contributed by atoms with Crippen LogP contribution in [0.2, 0.25) is 10.2 Å². The Hall–Kier alpha value is -3.03. The lowest BCUT2D eigenvalue weighted by molar-refractivity contribution is -0.134. The zero-order valence-electron chi connectivity index (χ0n) is 18.2. The molecule has 2 heterocycles. The van der Waals surface area contributed by atoms with Crippen molar-refractivity contribution in [3.8, 4) is 5.75 Å². The van der Waals surface area contributed by atoms with Crippen LogP contribution in [0.25, 0.3) is 0 Å². The molecule has 7 nitrogen and oxygen atoms in total. The molecule has 0 N–H and O–H groups in total. The summed E-state index contributed by atoms with van der Waals surface area (Å²) in [6.45, 7) is 3.92. The molecule has 0 spiro atoms. The Kier molecular flexibility index (Phi) is 7.20. The normalized spacial score (nSPS) is 13.8. The quantitative estimate of drug-likeness (QED) is 0.529. The number of ether oxygens (including phenoxy) is 1. The highest BCUT2D eigenvalue weighted by molar-refractivity contribution is 6.33. The molecule has 3 aromatic rings. The number of carbonyl (C=O) groups excluding carboxylic acids is 2. The summed E-state index contributed by atoms with van der Waals surface area (Å²) in [4.78, 5) is 29.1. The molecular formula is C24H24Cl2N4O3. The summed E-state index contributed by atoms with van der Waals surface area (Å²) in [7, 11) is 0. The predicted molar refractivity (Wildman–Crippen MR) is 127 cm³/mol. The summed E-state index contributed by atoms with van der Waals surface area (Å²) in [6, 6.07) is 16.7. The van der Waals surface area contributed by atoms with Gasteiger partial charge in [0.2, 0.25) is 0 Å². The molecule has 0 saturated carbocycles. The second-order valence-electron chi connectivity index (χ2n) is 7.81. The molecule has 1 aromatic heterocycles. The van der Waals surface area contributed by atoms with Gasteiger partial charge in [0.15, 0.2) is 6.61 Å². The first-order valence-electron chi connectivity index (χ1n) is 10.6. The minimum absolute atomic E-state index is 0.0627. The van der Waals surface area contributed by atoms with Gasteiger partial charge in [0.1, 0.15) is 10.9 Å². The number of carbonyl (C=O) groups is 2. The van der Waals surface area contributed by atoms with Crippen molar-refractivity contribution in [3.05, 3.63) is 81.6 Å². The van der Waals surface area contributed by atoms with Gasteiger partial charge in [0.05, 0.1) is 17.8 Å². The molecule has 0 radical (unpaired) electrons. The fourth-order valence-electron chi connectivity index (χ4n) is 3.74. The first kappa shape index (κ1) is 23.1. The number of rotatable bonds is 6. The Bertz CT molecular complexity index is 1120. The maximum Gasteiger partial charge on any atom is 0.260 e. The number of aryl methyl sites for hydroxylation is 1. The Balaban J connectivity index is 1.33. The van der Waals surface area contributed by atoms with Crippen LogP contribution in [0.5, 0.6) is 5.75 Å². The van der Waals surface area contributed by atoms with E-state index in [0.717, 1.165) is 5.56 Å². The maximum absolute atomic E-state index is 13.2. The van der Waals surface area contributed by atoms with Crippen LogP contribution in [0.3, 0.4) is 0 Å². The van der Waals surface area contributed by atoms with Crippen LogP contribution in [0.4, 0.5) is 0 Å². The fourth-order valence-corrected chi connectivity index (χ4v) is 4.18. The average molecular weight is 487 g/mol. The number of hydrogen-bond donors (Lipinski definition) is 0. The number of nitrogens with zero attached hydrogens (tertiary/aromatic N) is 4. The average Bonchev–Trinajstić information content (AvgIpc) is 3.11. The molecule has 4 rings (SSSR count). The van der Waals surface area contributed by atoms with E-state index in [0.29, 0.717) is 59.9 Å². The van der Waals surface area contributed by atoms with Crippen molar-refractivity contribution in [1.82, 2.24) is 19.6 Å². The molecule has 9 heteroatoms. The first-order valence-corrected chi connectivity index (χ1v) is 11.4. The van der Waals surface area contributed by atoms with E-state index in [9.17, 15) is 9.59 Å². The Morgan fingerprint density at radius 3 is 2.24 bits per heavy atom. The highest BCUT2D eigenvalue weighted by atomic mass is 35.5. The zero-order valence-corrected chi connectivity index (χ0v) is 19.7. The van der Waals surface area contributed by atoms with Crippen molar-refractivity contribution in [1.29, 1.82) is 0 Å². The van der Waals surface area contributed by atoms with Gasteiger partial charge < -0.3 is 14.5 Å². The number of amides is 2.